The average molecular weight is 207 g/mol. The van der Waals surface area contributed by atoms with Crippen LogP contribution in [0, 0.1) is 0 Å². The lowest BCUT2D eigenvalue weighted by molar-refractivity contribution is 0.716. The Hall–Kier alpha value is -0.990. The second kappa shape index (κ2) is 2.75. The normalized spacial score (nSPS) is 20.3. The summed E-state index contributed by atoms with van der Waals surface area (Å²) >= 11 is 5.97. The molecule has 1 unspecified atom stereocenters. The van der Waals surface area contributed by atoms with Crippen molar-refractivity contribution < 1.29 is 0 Å². The molecule has 3 heteroatoms. The smallest absolute Gasteiger partial charge is 0.0460 e. The maximum Gasteiger partial charge on any atom is 0.0460 e. The molecule has 2 nitrogen and oxygen atoms in total. The monoisotopic (exact) mass is 206 g/mol. The Labute approximate surface area is 87.1 Å². The van der Waals surface area contributed by atoms with Crippen LogP contribution in [-0.2, 0) is 12.8 Å². The van der Waals surface area contributed by atoms with E-state index in [9.17, 15) is 0 Å². The highest BCUT2D eigenvalue weighted by atomic mass is 35.5. The van der Waals surface area contributed by atoms with Crippen molar-refractivity contribution in [3.05, 3.63) is 34.5 Å². The van der Waals surface area contributed by atoms with Gasteiger partial charge in [-0.1, -0.05) is 11.6 Å². The second-order valence-electron chi connectivity index (χ2n) is 3.94. The molecular formula is C11H11ClN2. The summed E-state index contributed by atoms with van der Waals surface area (Å²) < 4.78 is 0. The number of halogens is 1. The molecule has 14 heavy (non-hydrogen) atoms. The number of fused-ring (bicyclic) bond motifs is 3. The Kier molecular flexibility index (Phi) is 1.64. The molecule has 1 atom stereocenters. The van der Waals surface area contributed by atoms with Gasteiger partial charge in [0, 0.05) is 34.1 Å². The SMILES string of the molecule is NC1Cc2[nH]c3ccc(Cl)cc3c2C1. The zero-order valence-corrected chi connectivity index (χ0v) is 8.43. The van der Waals surface area contributed by atoms with Crippen LogP contribution in [0.4, 0.5) is 0 Å². The molecule has 0 aliphatic heterocycles. The molecule has 72 valence electrons. The van der Waals surface area contributed by atoms with Crippen LogP contribution in [0.3, 0.4) is 0 Å². The lowest BCUT2D eigenvalue weighted by Crippen LogP contribution is -2.19. The van der Waals surface area contributed by atoms with Crippen LogP contribution in [-0.4, -0.2) is 11.0 Å². The Morgan fingerprint density at radius 2 is 2.21 bits per heavy atom. The predicted molar refractivity (Wildman–Crippen MR) is 58.7 cm³/mol. The first-order valence-electron chi connectivity index (χ1n) is 4.78. The molecule has 0 saturated heterocycles. The van der Waals surface area contributed by atoms with Gasteiger partial charge in [0.15, 0.2) is 0 Å². The molecule has 0 amide bonds. The number of aromatic amines is 1. The van der Waals surface area contributed by atoms with Gasteiger partial charge >= 0.3 is 0 Å². The molecule has 1 aromatic heterocycles. The van der Waals surface area contributed by atoms with E-state index in [1.807, 2.05) is 18.2 Å². The summed E-state index contributed by atoms with van der Waals surface area (Å²) in [6.45, 7) is 0. The van der Waals surface area contributed by atoms with Crippen molar-refractivity contribution >= 4 is 22.5 Å². The van der Waals surface area contributed by atoms with Gasteiger partial charge < -0.3 is 10.7 Å². The fourth-order valence-corrected chi connectivity index (χ4v) is 2.45. The molecule has 0 spiro atoms. The fourth-order valence-electron chi connectivity index (χ4n) is 2.28. The van der Waals surface area contributed by atoms with Crippen molar-refractivity contribution in [2.45, 2.75) is 18.9 Å². The summed E-state index contributed by atoms with van der Waals surface area (Å²) in [5, 5.41) is 2.03. The first-order chi connectivity index (χ1) is 6.74. The Morgan fingerprint density at radius 1 is 1.36 bits per heavy atom. The van der Waals surface area contributed by atoms with E-state index in [0.29, 0.717) is 0 Å². The molecule has 1 heterocycles. The average Bonchev–Trinajstić information content (AvgIpc) is 2.62. The number of nitrogens with two attached hydrogens (primary N) is 1. The first kappa shape index (κ1) is 8.33. The molecule has 0 fully saturated rings. The van der Waals surface area contributed by atoms with Gasteiger partial charge in [-0.25, -0.2) is 0 Å². The van der Waals surface area contributed by atoms with Gasteiger partial charge in [0.2, 0.25) is 0 Å². The number of hydrogen-bond donors (Lipinski definition) is 2. The summed E-state index contributed by atoms with van der Waals surface area (Å²) in [5.41, 5.74) is 9.72. The Bertz CT molecular complexity index is 501. The molecule has 0 radical (unpaired) electrons. The quantitative estimate of drug-likeness (QED) is 0.682. The van der Waals surface area contributed by atoms with Crippen LogP contribution in [0.1, 0.15) is 11.3 Å². The summed E-state index contributed by atoms with van der Waals surface area (Å²) in [6, 6.07) is 6.24. The third-order valence-electron chi connectivity index (χ3n) is 2.89. The highest BCUT2D eigenvalue weighted by Gasteiger charge is 2.22. The van der Waals surface area contributed by atoms with E-state index in [-0.39, 0.29) is 6.04 Å². The third-order valence-corrected chi connectivity index (χ3v) is 3.12. The second-order valence-corrected chi connectivity index (χ2v) is 4.38. The predicted octanol–water partition coefficient (Wildman–Crippen LogP) is 2.25. The molecule has 2 aromatic rings. The Balaban J connectivity index is 2.30. The largest absolute Gasteiger partial charge is 0.358 e. The van der Waals surface area contributed by atoms with Crippen molar-refractivity contribution in [3.8, 4) is 0 Å². The van der Waals surface area contributed by atoms with Gasteiger partial charge in [0.1, 0.15) is 0 Å². The zero-order valence-electron chi connectivity index (χ0n) is 7.68. The molecule has 3 N–H and O–H groups in total. The maximum atomic E-state index is 5.97. The van der Waals surface area contributed by atoms with Gasteiger partial charge in [-0.3, -0.25) is 0 Å². The lowest BCUT2D eigenvalue weighted by Gasteiger charge is -1.99. The standard InChI is InChI=1S/C11H11ClN2/c12-6-1-2-10-8(3-6)9-4-7(13)5-11(9)14-10/h1-3,7,14H,4-5,13H2. The molecule has 1 aliphatic carbocycles. The fraction of sp³-hybridized carbons (Fsp3) is 0.273. The van der Waals surface area contributed by atoms with E-state index in [2.05, 4.69) is 4.98 Å². The number of aromatic nitrogens is 1. The summed E-state index contributed by atoms with van der Waals surface area (Å²) in [7, 11) is 0. The molecule has 1 aromatic carbocycles. The highest BCUT2D eigenvalue weighted by Crippen LogP contribution is 2.30. The molecule has 0 bridgehead atoms. The summed E-state index contributed by atoms with van der Waals surface area (Å²) in [4.78, 5) is 3.40. The van der Waals surface area contributed by atoms with Crippen molar-refractivity contribution in [3.63, 3.8) is 0 Å². The van der Waals surface area contributed by atoms with E-state index in [1.54, 1.807) is 0 Å². The lowest BCUT2D eigenvalue weighted by atomic mass is 10.1. The minimum Gasteiger partial charge on any atom is -0.358 e. The molecular weight excluding hydrogens is 196 g/mol. The van der Waals surface area contributed by atoms with E-state index >= 15 is 0 Å². The van der Waals surface area contributed by atoms with Crippen molar-refractivity contribution in [1.29, 1.82) is 0 Å². The number of rotatable bonds is 0. The third kappa shape index (κ3) is 1.08. The van der Waals surface area contributed by atoms with Gasteiger partial charge in [0.25, 0.3) is 0 Å². The van der Waals surface area contributed by atoms with Gasteiger partial charge in [0.05, 0.1) is 0 Å². The van der Waals surface area contributed by atoms with Crippen molar-refractivity contribution in [2.24, 2.45) is 5.73 Å². The van der Waals surface area contributed by atoms with E-state index in [1.165, 1.54) is 22.2 Å². The zero-order chi connectivity index (χ0) is 9.71. The van der Waals surface area contributed by atoms with Gasteiger partial charge in [-0.15, -0.1) is 0 Å². The number of benzene rings is 1. The van der Waals surface area contributed by atoms with Crippen LogP contribution in [0.25, 0.3) is 10.9 Å². The summed E-state index contributed by atoms with van der Waals surface area (Å²) in [6.07, 6.45) is 1.93. The maximum absolute atomic E-state index is 5.97. The van der Waals surface area contributed by atoms with Gasteiger partial charge in [-0.05, 0) is 30.2 Å². The highest BCUT2D eigenvalue weighted by molar-refractivity contribution is 6.31. The van der Waals surface area contributed by atoms with Crippen LogP contribution in [0.5, 0.6) is 0 Å². The minimum atomic E-state index is 0.277. The van der Waals surface area contributed by atoms with Crippen LogP contribution >= 0.6 is 11.6 Å². The molecule has 1 aliphatic rings. The van der Waals surface area contributed by atoms with Crippen LogP contribution in [0.2, 0.25) is 5.02 Å². The van der Waals surface area contributed by atoms with E-state index in [4.69, 9.17) is 17.3 Å². The van der Waals surface area contributed by atoms with Crippen molar-refractivity contribution in [1.82, 2.24) is 4.98 Å². The number of H-pyrrole nitrogens is 1. The van der Waals surface area contributed by atoms with Crippen LogP contribution < -0.4 is 5.73 Å². The topological polar surface area (TPSA) is 41.8 Å². The van der Waals surface area contributed by atoms with Crippen LogP contribution in [0.15, 0.2) is 18.2 Å². The Morgan fingerprint density at radius 3 is 3.07 bits per heavy atom. The minimum absolute atomic E-state index is 0.277. The van der Waals surface area contributed by atoms with E-state index < -0.39 is 0 Å². The van der Waals surface area contributed by atoms with Gasteiger partial charge in [-0.2, -0.15) is 0 Å². The first-order valence-corrected chi connectivity index (χ1v) is 5.16. The number of hydrogen-bond acceptors (Lipinski definition) is 1. The number of nitrogens with one attached hydrogen (secondary N) is 1. The van der Waals surface area contributed by atoms with E-state index in [0.717, 1.165) is 17.9 Å². The summed E-state index contributed by atoms with van der Waals surface area (Å²) in [5.74, 6) is 0. The molecule has 3 rings (SSSR count). The van der Waals surface area contributed by atoms with Crippen molar-refractivity contribution in [2.75, 3.05) is 0 Å². The molecule has 0 saturated carbocycles.